The standard InChI is InChI=1S/C12H16O2S/c1-12(2,8-15)9-3-4-10-11(7-9)14-6-5-13-10/h3-4,7,15H,5-6,8H2,1-2H3. The number of rotatable bonds is 2. The van der Waals surface area contributed by atoms with E-state index in [4.69, 9.17) is 9.47 Å². The molecule has 0 saturated carbocycles. The molecule has 15 heavy (non-hydrogen) atoms. The molecule has 2 nitrogen and oxygen atoms in total. The van der Waals surface area contributed by atoms with Crippen molar-refractivity contribution in [2.75, 3.05) is 19.0 Å². The summed E-state index contributed by atoms with van der Waals surface area (Å²) in [6.07, 6.45) is 0. The van der Waals surface area contributed by atoms with Gasteiger partial charge in [-0.25, -0.2) is 0 Å². The molecule has 0 fully saturated rings. The molecule has 0 aliphatic carbocycles. The summed E-state index contributed by atoms with van der Waals surface area (Å²) in [5.74, 6) is 2.51. The zero-order valence-electron chi connectivity index (χ0n) is 9.12. The van der Waals surface area contributed by atoms with Crippen LogP contribution in [0.1, 0.15) is 19.4 Å². The van der Waals surface area contributed by atoms with E-state index in [0.717, 1.165) is 17.3 Å². The van der Waals surface area contributed by atoms with Crippen molar-refractivity contribution in [2.24, 2.45) is 0 Å². The average Bonchev–Trinajstić information content (AvgIpc) is 2.28. The number of thiol groups is 1. The van der Waals surface area contributed by atoms with Crippen molar-refractivity contribution in [1.82, 2.24) is 0 Å². The molecule has 2 rings (SSSR count). The first-order valence-corrected chi connectivity index (χ1v) is 5.78. The first-order valence-electron chi connectivity index (χ1n) is 5.14. The van der Waals surface area contributed by atoms with Gasteiger partial charge in [-0.05, 0) is 28.9 Å². The first kappa shape index (κ1) is 10.7. The molecule has 1 aromatic carbocycles. The summed E-state index contributed by atoms with van der Waals surface area (Å²) in [5.41, 5.74) is 1.31. The van der Waals surface area contributed by atoms with Crippen LogP contribution in [0.25, 0.3) is 0 Å². The molecule has 1 heterocycles. The summed E-state index contributed by atoms with van der Waals surface area (Å²) in [5, 5.41) is 0. The van der Waals surface area contributed by atoms with Crippen LogP contribution in [0.2, 0.25) is 0 Å². The summed E-state index contributed by atoms with van der Waals surface area (Å²) >= 11 is 4.37. The highest BCUT2D eigenvalue weighted by Gasteiger charge is 2.21. The Morgan fingerprint density at radius 3 is 2.53 bits per heavy atom. The molecule has 0 spiro atoms. The zero-order valence-corrected chi connectivity index (χ0v) is 10.0. The molecule has 1 aromatic rings. The fourth-order valence-electron chi connectivity index (χ4n) is 1.56. The molecule has 0 N–H and O–H groups in total. The highest BCUT2D eigenvalue weighted by molar-refractivity contribution is 7.80. The summed E-state index contributed by atoms with van der Waals surface area (Å²) in [4.78, 5) is 0. The fourth-order valence-corrected chi connectivity index (χ4v) is 1.74. The predicted octanol–water partition coefficient (Wildman–Crippen LogP) is 2.67. The predicted molar refractivity (Wildman–Crippen MR) is 64.3 cm³/mol. The van der Waals surface area contributed by atoms with Gasteiger partial charge >= 0.3 is 0 Å². The Kier molecular flexibility index (Phi) is 2.83. The Balaban J connectivity index is 2.36. The number of hydrogen-bond donors (Lipinski definition) is 1. The molecule has 1 aliphatic heterocycles. The number of benzene rings is 1. The molecular formula is C12H16O2S. The van der Waals surface area contributed by atoms with E-state index in [1.807, 2.05) is 6.07 Å². The van der Waals surface area contributed by atoms with Gasteiger partial charge in [0, 0.05) is 0 Å². The average molecular weight is 224 g/mol. The normalized spacial score (nSPS) is 15.1. The van der Waals surface area contributed by atoms with Crippen molar-refractivity contribution < 1.29 is 9.47 Å². The fraction of sp³-hybridized carbons (Fsp3) is 0.500. The minimum atomic E-state index is 0.0684. The molecule has 0 unspecified atom stereocenters. The SMILES string of the molecule is CC(C)(CS)c1ccc2c(c1)OCCO2. The molecule has 0 aromatic heterocycles. The van der Waals surface area contributed by atoms with Crippen molar-refractivity contribution in [2.45, 2.75) is 19.3 Å². The molecule has 82 valence electrons. The quantitative estimate of drug-likeness (QED) is 0.779. The maximum absolute atomic E-state index is 5.55. The molecule has 0 bridgehead atoms. The second-order valence-corrected chi connectivity index (χ2v) is 4.72. The summed E-state index contributed by atoms with van der Waals surface area (Å²) in [6.45, 7) is 5.62. The lowest BCUT2D eigenvalue weighted by molar-refractivity contribution is 0.171. The molecular weight excluding hydrogens is 208 g/mol. The van der Waals surface area contributed by atoms with Gasteiger partial charge in [0.25, 0.3) is 0 Å². The Morgan fingerprint density at radius 2 is 1.87 bits per heavy atom. The van der Waals surface area contributed by atoms with Gasteiger partial charge in [0.15, 0.2) is 11.5 Å². The number of fused-ring (bicyclic) bond motifs is 1. The van der Waals surface area contributed by atoms with E-state index in [1.54, 1.807) is 0 Å². The van der Waals surface area contributed by atoms with E-state index in [2.05, 4.69) is 38.6 Å². The molecule has 0 atom stereocenters. The van der Waals surface area contributed by atoms with Crippen LogP contribution in [0.4, 0.5) is 0 Å². The van der Waals surface area contributed by atoms with Crippen LogP contribution < -0.4 is 9.47 Å². The Bertz CT molecular complexity index is 361. The Morgan fingerprint density at radius 1 is 1.20 bits per heavy atom. The van der Waals surface area contributed by atoms with E-state index in [9.17, 15) is 0 Å². The second-order valence-electron chi connectivity index (χ2n) is 4.40. The third kappa shape index (κ3) is 2.07. The highest BCUT2D eigenvalue weighted by atomic mass is 32.1. The van der Waals surface area contributed by atoms with Crippen molar-refractivity contribution in [3.63, 3.8) is 0 Å². The molecule has 3 heteroatoms. The van der Waals surface area contributed by atoms with Crippen LogP contribution in [0.3, 0.4) is 0 Å². The maximum Gasteiger partial charge on any atom is 0.161 e. The van der Waals surface area contributed by atoms with E-state index >= 15 is 0 Å². The van der Waals surface area contributed by atoms with Gasteiger partial charge in [0.2, 0.25) is 0 Å². The van der Waals surface area contributed by atoms with Gasteiger partial charge < -0.3 is 9.47 Å². The van der Waals surface area contributed by atoms with Crippen LogP contribution in [-0.2, 0) is 5.41 Å². The number of hydrogen-bond acceptors (Lipinski definition) is 3. The van der Waals surface area contributed by atoms with Crippen LogP contribution in [0, 0.1) is 0 Å². The van der Waals surface area contributed by atoms with Crippen LogP contribution in [-0.4, -0.2) is 19.0 Å². The van der Waals surface area contributed by atoms with Crippen LogP contribution in [0.5, 0.6) is 11.5 Å². The molecule has 0 radical (unpaired) electrons. The lowest BCUT2D eigenvalue weighted by atomic mass is 9.86. The Labute approximate surface area is 96.0 Å². The minimum Gasteiger partial charge on any atom is -0.486 e. The van der Waals surface area contributed by atoms with E-state index in [1.165, 1.54) is 5.56 Å². The van der Waals surface area contributed by atoms with E-state index in [-0.39, 0.29) is 5.41 Å². The van der Waals surface area contributed by atoms with E-state index in [0.29, 0.717) is 13.2 Å². The van der Waals surface area contributed by atoms with Crippen molar-refractivity contribution >= 4 is 12.6 Å². The topological polar surface area (TPSA) is 18.5 Å². The van der Waals surface area contributed by atoms with Gasteiger partial charge in [-0.15, -0.1) is 0 Å². The van der Waals surface area contributed by atoms with Gasteiger partial charge in [-0.1, -0.05) is 19.9 Å². The van der Waals surface area contributed by atoms with E-state index < -0.39 is 0 Å². The van der Waals surface area contributed by atoms with Gasteiger partial charge in [-0.3, -0.25) is 0 Å². The summed E-state index contributed by atoms with van der Waals surface area (Å²) < 4.78 is 11.0. The van der Waals surface area contributed by atoms with Crippen molar-refractivity contribution in [3.05, 3.63) is 23.8 Å². The first-order chi connectivity index (χ1) is 7.13. The number of ether oxygens (including phenoxy) is 2. The molecule has 1 aliphatic rings. The lowest BCUT2D eigenvalue weighted by Crippen LogP contribution is -2.21. The van der Waals surface area contributed by atoms with Crippen LogP contribution >= 0.6 is 12.6 Å². The molecule has 0 saturated heterocycles. The molecule has 0 amide bonds. The third-order valence-corrected chi connectivity index (χ3v) is 3.51. The third-order valence-electron chi connectivity index (χ3n) is 2.72. The largest absolute Gasteiger partial charge is 0.486 e. The Hall–Kier alpha value is -0.830. The lowest BCUT2D eigenvalue weighted by Gasteiger charge is -2.25. The van der Waals surface area contributed by atoms with Crippen LogP contribution in [0.15, 0.2) is 18.2 Å². The van der Waals surface area contributed by atoms with Gasteiger partial charge in [0.1, 0.15) is 13.2 Å². The zero-order chi connectivity index (χ0) is 10.9. The minimum absolute atomic E-state index is 0.0684. The van der Waals surface area contributed by atoms with Crippen molar-refractivity contribution in [1.29, 1.82) is 0 Å². The summed E-state index contributed by atoms with van der Waals surface area (Å²) in [6, 6.07) is 6.13. The smallest absolute Gasteiger partial charge is 0.161 e. The second kappa shape index (κ2) is 3.97. The highest BCUT2D eigenvalue weighted by Crippen LogP contribution is 2.35. The van der Waals surface area contributed by atoms with Gasteiger partial charge in [0.05, 0.1) is 0 Å². The summed E-state index contributed by atoms with van der Waals surface area (Å²) in [7, 11) is 0. The maximum atomic E-state index is 5.55. The van der Waals surface area contributed by atoms with Gasteiger partial charge in [-0.2, -0.15) is 12.6 Å². The monoisotopic (exact) mass is 224 g/mol. The van der Waals surface area contributed by atoms with Crippen molar-refractivity contribution in [3.8, 4) is 11.5 Å².